The van der Waals surface area contributed by atoms with E-state index < -0.39 is 0 Å². The maximum Gasteiger partial charge on any atom is 0.224 e. The van der Waals surface area contributed by atoms with Gasteiger partial charge in [0.25, 0.3) is 0 Å². The Morgan fingerprint density at radius 1 is 1.33 bits per heavy atom. The van der Waals surface area contributed by atoms with Crippen molar-refractivity contribution in [1.82, 2.24) is 14.7 Å². The number of unbranched alkanes of at least 4 members (excludes halogenated alkanes) is 2. The molecule has 3 rings (SSSR count). The van der Waals surface area contributed by atoms with Crippen LogP contribution in [0.4, 0.5) is 9.52 Å². The van der Waals surface area contributed by atoms with Gasteiger partial charge in [0.15, 0.2) is 0 Å². The second-order valence-corrected chi connectivity index (χ2v) is 7.81. The first-order valence-corrected chi connectivity index (χ1v) is 10.5. The van der Waals surface area contributed by atoms with Crippen LogP contribution in [0.25, 0.3) is 0 Å². The van der Waals surface area contributed by atoms with E-state index in [9.17, 15) is 9.18 Å². The highest BCUT2D eigenvalue weighted by molar-refractivity contribution is 7.09. The number of halogens is 1. The van der Waals surface area contributed by atoms with Gasteiger partial charge in [0.2, 0.25) is 11.0 Å². The van der Waals surface area contributed by atoms with Crippen molar-refractivity contribution in [1.29, 1.82) is 0 Å². The number of carbonyl (C=O) groups excluding carboxylic acids is 1. The number of benzene rings is 1. The number of carbonyl (C=O) groups is 1. The summed E-state index contributed by atoms with van der Waals surface area (Å²) < 4.78 is 17.5. The fourth-order valence-corrected chi connectivity index (χ4v) is 4.05. The molecule has 0 radical (unpaired) electrons. The molecule has 1 N–H and O–H groups in total. The highest BCUT2D eigenvalue weighted by Gasteiger charge is 2.27. The molecule has 146 valence electrons. The summed E-state index contributed by atoms with van der Waals surface area (Å²) in [6, 6.07) is 6.43. The van der Waals surface area contributed by atoms with Crippen LogP contribution in [-0.4, -0.2) is 34.9 Å². The van der Waals surface area contributed by atoms with Crippen molar-refractivity contribution >= 4 is 22.6 Å². The monoisotopic (exact) mass is 390 g/mol. The van der Waals surface area contributed by atoms with Crippen molar-refractivity contribution < 1.29 is 9.18 Å². The Balaban J connectivity index is 1.54. The Labute approximate surface area is 164 Å². The zero-order valence-corrected chi connectivity index (χ0v) is 16.6. The number of rotatable bonds is 8. The standard InChI is InChI=1S/C20H27FN4OS/c1-2-3-4-11-22-19(26)16-6-5-12-25(14-16)20-23-18(24-27-20)13-15-7-9-17(21)10-8-15/h7-10,16H,2-6,11-14H2,1H3,(H,22,26). The lowest BCUT2D eigenvalue weighted by Gasteiger charge is -2.31. The number of nitrogens with one attached hydrogen (secondary N) is 1. The molecule has 7 heteroatoms. The molecule has 1 unspecified atom stereocenters. The topological polar surface area (TPSA) is 58.1 Å². The summed E-state index contributed by atoms with van der Waals surface area (Å²) in [6.45, 7) is 4.53. The molecular formula is C20H27FN4OS. The first kappa shape index (κ1) is 19.7. The first-order chi connectivity index (χ1) is 13.2. The van der Waals surface area contributed by atoms with Crippen molar-refractivity contribution in [2.24, 2.45) is 5.92 Å². The number of nitrogens with zero attached hydrogens (tertiary/aromatic N) is 3. The van der Waals surface area contributed by atoms with Gasteiger partial charge in [-0.1, -0.05) is 31.9 Å². The molecule has 1 saturated heterocycles. The van der Waals surface area contributed by atoms with Crippen molar-refractivity contribution in [2.45, 2.75) is 45.4 Å². The Bertz CT molecular complexity index is 734. The van der Waals surface area contributed by atoms with Gasteiger partial charge in [-0.3, -0.25) is 4.79 Å². The number of hydrogen-bond donors (Lipinski definition) is 1. The molecule has 5 nitrogen and oxygen atoms in total. The van der Waals surface area contributed by atoms with Crippen LogP contribution in [0.15, 0.2) is 24.3 Å². The highest BCUT2D eigenvalue weighted by atomic mass is 32.1. The SMILES string of the molecule is CCCCCNC(=O)C1CCCN(c2nc(Cc3ccc(F)cc3)ns2)C1. The van der Waals surface area contributed by atoms with Crippen LogP contribution in [-0.2, 0) is 11.2 Å². The molecule has 0 spiro atoms. The lowest BCUT2D eigenvalue weighted by Crippen LogP contribution is -2.43. The molecule has 1 aromatic heterocycles. The van der Waals surface area contributed by atoms with Gasteiger partial charge in [-0.05, 0) is 37.0 Å². The van der Waals surface area contributed by atoms with E-state index >= 15 is 0 Å². The van der Waals surface area contributed by atoms with Gasteiger partial charge >= 0.3 is 0 Å². The molecule has 1 atom stereocenters. The number of hydrogen-bond acceptors (Lipinski definition) is 5. The van der Waals surface area contributed by atoms with Crippen LogP contribution in [0.5, 0.6) is 0 Å². The van der Waals surface area contributed by atoms with Crippen molar-refractivity contribution in [2.75, 3.05) is 24.5 Å². The van der Waals surface area contributed by atoms with E-state index in [0.29, 0.717) is 13.0 Å². The van der Waals surface area contributed by atoms with Crippen LogP contribution in [0.2, 0.25) is 0 Å². The molecule has 0 aliphatic carbocycles. The number of piperidine rings is 1. The van der Waals surface area contributed by atoms with Gasteiger partial charge in [-0.25, -0.2) is 9.37 Å². The molecule has 1 aromatic carbocycles. The third-order valence-electron chi connectivity index (χ3n) is 4.88. The summed E-state index contributed by atoms with van der Waals surface area (Å²) >= 11 is 1.38. The summed E-state index contributed by atoms with van der Waals surface area (Å²) in [5, 5.41) is 3.94. The molecule has 2 aromatic rings. The molecule has 1 aliphatic heterocycles. The molecular weight excluding hydrogens is 363 g/mol. The molecule has 1 fully saturated rings. The van der Waals surface area contributed by atoms with Crippen molar-refractivity contribution in [3.63, 3.8) is 0 Å². The Hall–Kier alpha value is -2.02. The fraction of sp³-hybridized carbons (Fsp3) is 0.550. The Morgan fingerprint density at radius 2 is 2.15 bits per heavy atom. The minimum Gasteiger partial charge on any atom is -0.356 e. The molecule has 0 bridgehead atoms. The van der Waals surface area contributed by atoms with Gasteiger partial charge in [0, 0.05) is 37.6 Å². The summed E-state index contributed by atoms with van der Waals surface area (Å²) in [6.07, 6.45) is 5.86. The third-order valence-corrected chi connectivity index (χ3v) is 5.69. The quantitative estimate of drug-likeness (QED) is 0.697. The van der Waals surface area contributed by atoms with Gasteiger partial charge in [0.1, 0.15) is 11.6 Å². The van der Waals surface area contributed by atoms with E-state index in [1.807, 2.05) is 0 Å². The van der Waals surface area contributed by atoms with E-state index in [2.05, 4.69) is 26.5 Å². The summed E-state index contributed by atoms with van der Waals surface area (Å²) in [5.41, 5.74) is 0.990. The predicted octanol–water partition coefficient (Wildman–Crippen LogP) is 3.79. The van der Waals surface area contributed by atoms with E-state index in [0.717, 1.165) is 61.7 Å². The lowest BCUT2D eigenvalue weighted by atomic mass is 9.97. The van der Waals surface area contributed by atoms with E-state index in [4.69, 9.17) is 0 Å². The predicted molar refractivity (Wildman–Crippen MR) is 107 cm³/mol. The largest absolute Gasteiger partial charge is 0.356 e. The number of anilines is 1. The molecule has 27 heavy (non-hydrogen) atoms. The Kier molecular flexibility index (Phi) is 7.15. The molecule has 1 aliphatic rings. The maximum absolute atomic E-state index is 13.0. The van der Waals surface area contributed by atoms with E-state index in [1.165, 1.54) is 23.7 Å². The minimum absolute atomic E-state index is 0.0184. The number of aromatic nitrogens is 2. The summed E-state index contributed by atoms with van der Waals surface area (Å²) in [4.78, 5) is 19.2. The molecule has 0 saturated carbocycles. The van der Waals surface area contributed by atoms with Gasteiger partial charge in [0.05, 0.1) is 5.92 Å². The average molecular weight is 391 g/mol. The summed E-state index contributed by atoms with van der Waals surface area (Å²) in [7, 11) is 0. The second kappa shape index (κ2) is 9.78. The van der Waals surface area contributed by atoms with Crippen LogP contribution < -0.4 is 10.2 Å². The second-order valence-electron chi connectivity index (χ2n) is 7.08. The van der Waals surface area contributed by atoms with Gasteiger partial charge in [-0.15, -0.1) is 0 Å². The molecule has 2 heterocycles. The third kappa shape index (κ3) is 5.73. The van der Waals surface area contributed by atoms with Crippen LogP contribution in [0.3, 0.4) is 0 Å². The first-order valence-electron chi connectivity index (χ1n) is 9.75. The normalized spacial score (nSPS) is 17.1. The zero-order valence-electron chi connectivity index (χ0n) is 15.8. The maximum atomic E-state index is 13.0. The number of amides is 1. The Morgan fingerprint density at radius 3 is 2.93 bits per heavy atom. The highest BCUT2D eigenvalue weighted by Crippen LogP contribution is 2.25. The van der Waals surface area contributed by atoms with E-state index in [-0.39, 0.29) is 17.6 Å². The fourth-order valence-electron chi connectivity index (χ4n) is 3.33. The zero-order chi connectivity index (χ0) is 19.1. The van der Waals surface area contributed by atoms with Crippen LogP contribution >= 0.6 is 11.5 Å². The van der Waals surface area contributed by atoms with Gasteiger partial charge < -0.3 is 10.2 Å². The smallest absolute Gasteiger partial charge is 0.224 e. The lowest BCUT2D eigenvalue weighted by molar-refractivity contribution is -0.125. The average Bonchev–Trinajstić information content (AvgIpc) is 3.15. The minimum atomic E-state index is -0.238. The van der Waals surface area contributed by atoms with E-state index in [1.54, 1.807) is 12.1 Å². The van der Waals surface area contributed by atoms with Crippen LogP contribution in [0, 0.1) is 11.7 Å². The summed E-state index contributed by atoms with van der Waals surface area (Å²) in [5.74, 6) is 0.683. The van der Waals surface area contributed by atoms with Crippen molar-refractivity contribution in [3.8, 4) is 0 Å². The van der Waals surface area contributed by atoms with Gasteiger partial charge in [-0.2, -0.15) is 4.37 Å². The molecule has 1 amide bonds. The van der Waals surface area contributed by atoms with Crippen LogP contribution in [0.1, 0.15) is 50.4 Å². The van der Waals surface area contributed by atoms with Crippen molar-refractivity contribution in [3.05, 3.63) is 41.5 Å².